The summed E-state index contributed by atoms with van der Waals surface area (Å²) in [6.45, 7) is 1.38. The number of aliphatic imine (C=N–C) groups is 1. The summed E-state index contributed by atoms with van der Waals surface area (Å²) in [5.74, 6) is 2.92. The van der Waals surface area contributed by atoms with Gasteiger partial charge in [-0.05, 0) is 24.1 Å². The van der Waals surface area contributed by atoms with Gasteiger partial charge in [-0.25, -0.2) is 0 Å². The Morgan fingerprint density at radius 2 is 1.84 bits per heavy atom. The molecule has 2 aliphatic rings. The van der Waals surface area contributed by atoms with Gasteiger partial charge in [-0.3, -0.25) is 4.99 Å². The van der Waals surface area contributed by atoms with Crippen LogP contribution in [0.15, 0.2) is 53.5 Å². The van der Waals surface area contributed by atoms with Crippen molar-refractivity contribution in [3.8, 4) is 11.5 Å². The highest BCUT2D eigenvalue weighted by Gasteiger charge is 2.38. The number of rotatable bonds is 3. The smallest absolute Gasteiger partial charge is 0.195 e. The molecular weight excluding hydrogens is 314 g/mol. The van der Waals surface area contributed by atoms with Gasteiger partial charge in [0.25, 0.3) is 0 Å². The molecule has 2 atom stereocenters. The Kier molecular flexibility index (Phi) is 4.46. The minimum atomic E-state index is 0.425. The summed E-state index contributed by atoms with van der Waals surface area (Å²) in [7, 11) is 1.79. The number of anilines is 1. The maximum atomic E-state index is 5.75. The van der Waals surface area contributed by atoms with E-state index < -0.39 is 0 Å². The molecule has 2 aromatic carbocycles. The zero-order chi connectivity index (χ0) is 17.1. The van der Waals surface area contributed by atoms with Gasteiger partial charge in [0, 0.05) is 37.2 Å². The molecule has 0 bridgehead atoms. The SMILES string of the molecule is CN=C(Nc1ccc2c(c1)OCCCO2)NC1CC1c1ccccc1. The van der Waals surface area contributed by atoms with E-state index in [1.165, 1.54) is 5.56 Å². The third kappa shape index (κ3) is 3.71. The minimum Gasteiger partial charge on any atom is -0.490 e. The highest BCUT2D eigenvalue weighted by atomic mass is 16.5. The Labute approximate surface area is 148 Å². The summed E-state index contributed by atoms with van der Waals surface area (Å²) < 4.78 is 11.4. The molecule has 130 valence electrons. The van der Waals surface area contributed by atoms with Crippen molar-refractivity contribution in [3.63, 3.8) is 0 Å². The summed E-state index contributed by atoms with van der Waals surface area (Å²) in [6, 6.07) is 16.9. The molecule has 5 nitrogen and oxygen atoms in total. The van der Waals surface area contributed by atoms with Crippen molar-refractivity contribution >= 4 is 11.6 Å². The lowest BCUT2D eigenvalue weighted by atomic mass is 10.1. The Morgan fingerprint density at radius 1 is 1.04 bits per heavy atom. The van der Waals surface area contributed by atoms with Crippen molar-refractivity contribution in [2.45, 2.75) is 24.8 Å². The summed E-state index contributed by atoms with van der Waals surface area (Å²) in [4.78, 5) is 4.34. The van der Waals surface area contributed by atoms with Gasteiger partial charge in [-0.15, -0.1) is 0 Å². The van der Waals surface area contributed by atoms with Crippen LogP contribution in [0.5, 0.6) is 11.5 Å². The largest absolute Gasteiger partial charge is 0.490 e. The van der Waals surface area contributed by atoms with Crippen molar-refractivity contribution in [3.05, 3.63) is 54.1 Å². The van der Waals surface area contributed by atoms with E-state index >= 15 is 0 Å². The van der Waals surface area contributed by atoms with Crippen LogP contribution in [-0.2, 0) is 0 Å². The van der Waals surface area contributed by atoms with Crippen molar-refractivity contribution in [1.82, 2.24) is 5.32 Å². The third-order valence-electron chi connectivity index (χ3n) is 4.57. The van der Waals surface area contributed by atoms with Gasteiger partial charge in [0.2, 0.25) is 0 Å². The second-order valence-electron chi connectivity index (χ2n) is 6.41. The van der Waals surface area contributed by atoms with Crippen LogP contribution in [0.25, 0.3) is 0 Å². The fourth-order valence-electron chi connectivity index (χ4n) is 3.13. The van der Waals surface area contributed by atoms with Gasteiger partial charge in [0.1, 0.15) is 0 Å². The number of hydrogen-bond donors (Lipinski definition) is 2. The maximum absolute atomic E-state index is 5.75. The number of hydrogen-bond acceptors (Lipinski definition) is 3. The van der Waals surface area contributed by atoms with Crippen molar-refractivity contribution in [2.75, 3.05) is 25.6 Å². The first-order valence-electron chi connectivity index (χ1n) is 8.78. The summed E-state index contributed by atoms with van der Waals surface area (Å²) in [5.41, 5.74) is 2.32. The van der Waals surface area contributed by atoms with Gasteiger partial charge in [-0.1, -0.05) is 30.3 Å². The molecule has 5 heteroatoms. The zero-order valence-corrected chi connectivity index (χ0v) is 14.4. The van der Waals surface area contributed by atoms with Crippen LogP contribution >= 0.6 is 0 Å². The third-order valence-corrected chi connectivity index (χ3v) is 4.57. The number of nitrogens with one attached hydrogen (secondary N) is 2. The first-order valence-corrected chi connectivity index (χ1v) is 8.78. The van der Waals surface area contributed by atoms with Gasteiger partial charge >= 0.3 is 0 Å². The topological polar surface area (TPSA) is 54.9 Å². The molecule has 1 aliphatic heterocycles. The molecule has 2 N–H and O–H groups in total. The van der Waals surface area contributed by atoms with Crippen molar-refractivity contribution in [2.24, 2.45) is 4.99 Å². The average Bonchev–Trinajstić information content (AvgIpc) is 3.44. The number of guanidine groups is 1. The number of ether oxygens (including phenoxy) is 2. The molecule has 2 unspecified atom stereocenters. The molecule has 25 heavy (non-hydrogen) atoms. The number of benzene rings is 2. The highest BCUT2D eigenvalue weighted by molar-refractivity contribution is 5.94. The molecule has 0 radical (unpaired) electrons. The molecule has 1 heterocycles. The lowest BCUT2D eigenvalue weighted by Crippen LogP contribution is -2.33. The first kappa shape index (κ1) is 15.8. The monoisotopic (exact) mass is 337 g/mol. The highest BCUT2D eigenvalue weighted by Crippen LogP contribution is 2.40. The molecule has 0 saturated heterocycles. The average molecular weight is 337 g/mol. The van der Waals surface area contributed by atoms with Crippen LogP contribution in [-0.4, -0.2) is 32.3 Å². The van der Waals surface area contributed by atoms with Gasteiger partial charge < -0.3 is 20.1 Å². The van der Waals surface area contributed by atoms with Crippen molar-refractivity contribution < 1.29 is 9.47 Å². The van der Waals surface area contributed by atoms with E-state index in [9.17, 15) is 0 Å². The predicted molar refractivity (Wildman–Crippen MR) is 99.8 cm³/mol. The fraction of sp³-hybridized carbons (Fsp3) is 0.350. The van der Waals surface area contributed by atoms with E-state index in [2.05, 4.69) is 46.0 Å². The predicted octanol–water partition coefficient (Wildman–Crippen LogP) is 3.39. The second kappa shape index (κ2) is 7.05. The molecule has 4 rings (SSSR count). The Bertz CT molecular complexity index is 761. The van der Waals surface area contributed by atoms with Crippen LogP contribution in [0, 0.1) is 0 Å². The number of nitrogens with zero attached hydrogens (tertiary/aromatic N) is 1. The summed E-state index contributed by atoms with van der Waals surface area (Å²) >= 11 is 0. The normalized spacial score (nSPS) is 22.0. The first-order chi connectivity index (χ1) is 12.3. The van der Waals surface area contributed by atoms with Gasteiger partial charge in [0.05, 0.1) is 13.2 Å². The van der Waals surface area contributed by atoms with Gasteiger partial charge in [0.15, 0.2) is 17.5 Å². The Hall–Kier alpha value is -2.69. The minimum absolute atomic E-state index is 0.425. The summed E-state index contributed by atoms with van der Waals surface area (Å²) in [6.07, 6.45) is 2.04. The quantitative estimate of drug-likeness (QED) is 0.666. The summed E-state index contributed by atoms with van der Waals surface area (Å²) in [5, 5.41) is 6.84. The molecule has 0 amide bonds. The molecular formula is C20H23N3O2. The molecule has 0 spiro atoms. The van der Waals surface area contributed by atoms with Crippen LogP contribution in [0.3, 0.4) is 0 Å². The number of fused-ring (bicyclic) bond motifs is 1. The van der Waals surface area contributed by atoms with E-state index in [0.29, 0.717) is 25.2 Å². The van der Waals surface area contributed by atoms with Gasteiger partial charge in [-0.2, -0.15) is 0 Å². The fourth-order valence-corrected chi connectivity index (χ4v) is 3.13. The zero-order valence-electron chi connectivity index (χ0n) is 14.4. The van der Waals surface area contributed by atoms with E-state index in [-0.39, 0.29) is 0 Å². The molecule has 0 aromatic heterocycles. The van der Waals surface area contributed by atoms with E-state index in [4.69, 9.17) is 9.47 Å². The molecule has 1 aliphatic carbocycles. The van der Waals surface area contributed by atoms with Crippen LogP contribution in [0.4, 0.5) is 5.69 Å². The van der Waals surface area contributed by atoms with E-state index in [1.807, 2.05) is 18.2 Å². The lowest BCUT2D eigenvalue weighted by molar-refractivity contribution is 0.297. The van der Waals surface area contributed by atoms with Crippen LogP contribution in [0.1, 0.15) is 24.3 Å². The molecule has 2 aromatic rings. The van der Waals surface area contributed by atoms with Crippen LogP contribution in [0.2, 0.25) is 0 Å². The lowest BCUT2D eigenvalue weighted by Gasteiger charge is -2.14. The van der Waals surface area contributed by atoms with E-state index in [0.717, 1.165) is 36.0 Å². The second-order valence-corrected chi connectivity index (χ2v) is 6.41. The standard InChI is InChI=1S/C20H23N3O2/c1-21-20(23-17-13-16(17)14-6-3-2-4-7-14)22-15-8-9-18-19(12-15)25-11-5-10-24-18/h2-4,6-9,12,16-17H,5,10-11,13H2,1H3,(H2,21,22,23). The molecule has 1 fully saturated rings. The molecule has 1 saturated carbocycles. The Morgan fingerprint density at radius 3 is 2.64 bits per heavy atom. The van der Waals surface area contributed by atoms with Crippen molar-refractivity contribution in [1.29, 1.82) is 0 Å². The Balaban J connectivity index is 1.39. The van der Waals surface area contributed by atoms with E-state index in [1.54, 1.807) is 7.05 Å². The van der Waals surface area contributed by atoms with Crippen LogP contribution < -0.4 is 20.1 Å². The maximum Gasteiger partial charge on any atom is 0.195 e.